The number of hydrogen-bond acceptors (Lipinski definition) is 7. The van der Waals surface area contributed by atoms with Crippen LogP contribution in [0.5, 0.6) is 0 Å². The Morgan fingerprint density at radius 1 is 1.33 bits per heavy atom. The lowest BCUT2D eigenvalue weighted by molar-refractivity contribution is 0.171. The molecule has 10 heteroatoms. The highest BCUT2D eigenvalue weighted by molar-refractivity contribution is 7.91. The molecular weight excluding hydrogens is 318 g/mol. The molecule has 0 amide bonds. The van der Waals surface area contributed by atoms with Gasteiger partial charge in [0, 0.05) is 19.8 Å². The number of hydrazine groups is 1. The van der Waals surface area contributed by atoms with E-state index >= 15 is 0 Å². The number of nitrogen functional groups attached to an aromatic ring is 1. The highest BCUT2D eigenvalue weighted by Crippen LogP contribution is 2.26. The van der Waals surface area contributed by atoms with Gasteiger partial charge in [-0.3, -0.25) is 5.84 Å². The SMILES string of the molecule is CC(O)CN(C)S(=O)(=O)c1cc(S(C)(=O)=O)ccc1NN. The van der Waals surface area contributed by atoms with Gasteiger partial charge in [-0.05, 0) is 25.1 Å². The van der Waals surface area contributed by atoms with Crippen LogP contribution >= 0.6 is 0 Å². The number of nitrogens with one attached hydrogen (secondary N) is 1. The van der Waals surface area contributed by atoms with Crippen LogP contribution in [-0.4, -0.2) is 52.2 Å². The van der Waals surface area contributed by atoms with Crippen molar-refractivity contribution in [1.29, 1.82) is 0 Å². The number of hydrogen-bond donors (Lipinski definition) is 3. The number of rotatable bonds is 6. The number of nitrogens with two attached hydrogens (primary N) is 1. The Labute approximate surface area is 124 Å². The first kappa shape index (κ1) is 17.9. The van der Waals surface area contributed by atoms with E-state index < -0.39 is 26.0 Å². The second-order valence-electron chi connectivity index (χ2n) is 4.71. The summed E-state index contributed by atoms with van der Waals surface area (Å²) in [6, 6.07) is 3.58. The highest BCUT2D eigenvalue weighted by Gasteiger charge is 2.26. The number of anilines is 1. The van der Waals surface area contributed by atoms with E-state index in [4.69, 9.17) is 5.84 Å². The van der Waals surface area contributed by atoms with E-state index in [-0.39, 0.29) is 22.0 Å². The predicted octanol–water partition coefficient (Wildman–Crippen LogP) is -0.623. The highest BCUT2D eigenvalue weighted by atomic mass is 32.2. The van der Waals surface area contributed by atoms with Crippen LogP contribution in [-0.2, 0) is 19.9 Å². The zero-order valence-electron chi connectivity index (χ0n) is 11.9. The van der Waals surface area contributed by atoms with Gasteiger partial charge in [-0.1, -0.05) is 0 Å². The Hall–Kier alpha value is -1.20. The summed E-state index contributed by atoms with van der Waals surface area (Å²) in [6.45, 7) is 1.32. The van der Waals surface area contributed by atoms with Gasteiger partial charge in [-0.2, -0.15) is 4.31 Å². The first-order valence-electron chi connectivity index (χ1n) is 5.95. The molecule has 1 unspecified atom stereocenters. The summed E-state index contributed by atoms with van der Waals surface area (Å²) in [5, 5.41) is 9.30. The fourth-order valence-electron chi connectivity index (χ4n) is 1.70. The van der Waals surface area contributed by atoms with E-state index in [9.17, 15) is 21.9 Å². The second kappa shape index (κ2) is 6.28. The minimum Gasteiger partial charge on any atom is -0.392 e. The Morgan fingerprint density at radius 3 is 2.33 bits per heavy atom. The molecule has 1 atom stereocenters. The van der Waals surface area contributed by atoms with E-state index in [1.807, 2.05) is 0 Å². The molecule has 0 fully saturated rings. The van der Waals surface area contributed by atoms with Crippen molar-refractivity contribution in [3.63, 3.8) is 0 Å². The quantitative estimate of drug-likeness (QED) is 0.466. The molecule has 8 nitrogen and oxygen atoms in total. The monoisotopic (exact) mass is 337 g/mol. The first-order valence-corrected chi connectivity index (χ1v) is 9.28. The fourth-order valence-corrected chi connectivity index (χ4v) is 3.85. The maximum atomic E-state index is 12.5. The zero-order valence-corrected chi connectivity index (χ0v) is 13.6. The molecule has 0 aliphatic heterocycles. The molecule has 0 radical (unpaired) electrons. The number of benzene rings is 1. The molecule has 0 bridgehead atoms. The predicted molar refractivity (Wildman–Crippen MR) is 78.9 cm³/mol. The molecule has 1 aromatic carbocycles. The summed E-state index contributed by atoms with van der Waals surface area (Å²) >= 11 is 0. The van der Waals surface area contributed by atoms with Gasteiger partial charge in [0.1, 0.15) is 4.90 Å². The van der Waals surface area contributed by atoms with Gasteiger partial charge < -0.3 is 10.5 Å². The van der Waals surface area contributed by atoms with Crippen molar-refractivity contribution in [3.05, 3.63) is 18.2 Å². The standard InChI is InChI=1S/C11H19N3O5S2/c1-8(15)7-14(2)21(18,19)11-6-9(20(3,16)17)4-5-10(11)13-12/h4-6,8,13,15H,7,12H2,1-3H3. The molecule has 4 N–H and O–H groups in total. The third-order valence-corrected chi connectivity index (χ3v) is 5.72. The van der Waals surface area contributed by atoms with Crippen LogP contribution < -0.4 is 11.3 Å². The van der Waals surface area contributed by atoms with Crippen LogP contribution in [0.25, 0.3) is 0 Å². The van der Waals surface area contributed by atoms with Crippen molar-refractivity contribution in [2.45, 2.75) is 22.8 Å². The molecular formula is C11H19N3O5S2. The molecule has 1 aromatic rings. The molecule has 0 spiro atoms. The number of aliphatic hydroxyl groups is 1. The Balaban J connectivity index is 3.46. The molecule has 0 aliphatic carbocycles. The van der Waals surface area contributed by atoms with E-state index in [1.165, 1.54) is 26.1 Å². The summed E-state index contributed by atoms with van der Waals surface area (Å²) in [6.07, 6.45) is 0.116. The largest absolute Gasteiger partial charge is 0.392 e. The van der Waals surface area contributed by atoms with Crippen molar-refractivity contribution in [1.82, 2.24) is 4.31 Å². The van der Waals surface area contributed by atoms with Crippen LogP contribution in [0, 0.1) is 0 Å². The molecule has 0 saturated carbocycles. The van der Waals surface area contributed by atoms with Gasteiger partial charge in [0.2, 0.25) is 10.0 Å². The van der Waals surface area contributed by atoms with E-state index in [0.29, 0.717) is 0 Å². The van der Waals surface area contributed by atoms with Crippen molar-refractivity contribution in [3.8, 4) is 0 Å². The summed E-state index contributed by atoms with van der Waals surface area (Å²) in [7, 11) is -6.27. The van der Waals surface area contributed by atoms with Gasteiger partial charge >= 0.3 is 0 Å². The van der Waals surface area contributed by atoms with Gasteiger partial charge in [-0.25, -0.2) is 16.8 Å². The lowest BCUT2D eigenvalue weighted by Gasteiger charge is -2.20. The summed E-state index contributed by atoms with van der Waals surface area (Å²) in [5.74, 6) is 5.28. The minimum atomic E-state index is -3.99. The van der Waals surface area contributed by atoms with Crippen molar-refractivity contribution in [2.24, 2.45) is 5.84 Å². The van der Waals surface area contributed by atoms with Gasteiger partial charge in [0.25, 0.3) is 0 Å². The zero-order chi connectivity index (χ0) is 16.4. The van der Waals surface area contributed by atoms with Crippen LogP contribution in [0.3, 0.4) is 0 Å². The summed E-state index contributed by atoms with van der Waals surface area (Å²) in [5.41, 5.74) is 2.29. The van der Waals surface area contributed by atoms with Gasteiger partial charge in [0.05, 0.1) is 16.7 Å². The molecule has 120 valence electrons. The molecule has 0 aliphatic rings. The van der Waals surface area contributed by atoms with Gasteiger partial charge in [0.15, 0.2) is 9.84 Å². The Bertz CT molecular complexity index is 713. The van der Waals surface area contributed by atoms with E-state index in [0.717, 1.165) is 16.6 Å². The van der Waals surface area contributed by atoms with Crippen molar-refractivity contribution in [2.75, 3.05) is 25.3 Å². The Morgan fingerprint density at radius 2 is 1.90 bits per heavy atom. The van der Waals surface area contributed by atoms with E-state index in [1.54, 1.807) is 0 Å². The molecule has 21 heavy (non-hydrogen) atoms. The Kier molecular flexibility index (Phi) is 5.34. The molecule has 0 saturated heterocycles. The topological polar surface area (TPSA) is 130 Å². The number of sulfonamides is 1. The first-order chi connectivity index (χ1) is 9.50. The average Bonchev–Trinajstić information content (AvgIpc) is 2.35. The number of sulfone groups is 1. The fraction of sp³-hybridized carbons (Fsp3) is 0.455. The normalized spacial score (nSPS) is 14.2. The molecule has 1 rings (SSSR count). The summed E-state index contributed by atoms with van der Waals surface area (Å²) < 4.78 is 49.0. The second-order valence-corrected chi connectivity index (χ2v) is 8.74. The van der Waals surface area contributed by atoms with Crippen LogP contribution in [0.1, 0.15) is 6.92 Å². The number of aliphatic hydroxyl groups excluding tert-OH is 1. The smallest absolute Gasteiger partial charge is 0.245 e. The van der Waals surface area contributed by atoms with Gasteiger partial charge in [-0.15, -0.1) is 0 Å². The van der Waals surface area contributed by atoms with Crippen molar-refractivity contribution < 1.29 is 21.9 Å². The van der Waals surface area contributed by atoms with E-state index in [2.05, 4.69) is 5.43 Å². The molecule has 0 aromatic heterocycles. The summed E-state index contributed by atoms with van der Waals surface area (Å²) in [4.78, 5) is -0.401. The van der Waals surface area contributed by atoms with Crippen LogP contribution in [0.2, 0.25) is 0 Å². The lowest BCUT2D eigenvalue weighted by Crippen LogP contribution is -2.33. The van der Waals surface area contributed by atoms with Crippen molar-refractivity contribution >= 4 is 25.5 Å². The number of likely N-dealkylation sites (N-methyl/N-ethyl adjacent to an activating group) is 1. The van der Waals surface area contributed by atoms with Crippen LogP contribution in [0.4, 0.5) is 5.69 Å². The maximum Gasteiger partial charge on any atom is 0.245 e. The van der Waals surface area contributed by atoms with Crippen LogP contribution in [0.15, 0.2) is 28.0 Å². The number of nitrogens with zero attached hydrogens (tertiary/aromatic N) is 1. The molecule has 0 heterocycles. The third kappa shape index (κ3) is 4.14. The lowest BCUT2D eigenvalue weighted by atomic mass is 10.3. The average molecular weight is 337 g/mol. The maximum absolute atomic E-state index is 12.5. The minimum absolute atomic E-state index is 0.0693. The third-order valence-electron chi connectivity index (χ3n) is 2.75.